The Balaban J connectivity index is 2.03. The summed E-state index contributed by atoms with van der Waals surface area (Å²) in [4.78, 5) is 11.3. The maximum absolute atomic E-state index is 11.3. The van der Waals surface area contributed by atoms with Crippen molar-refractivity contribution in [1.82, 2.24) is 0 Å². The van der Waals surface area contributed by atoms with Gasteiger partial charge in [0.1, 0.15) is 0 Å². The molecule has 0 aromatic rings. The molecule has 0 N–H and O–H groups in total. The number of hydrogen-bond donors (Lipinski definition) is 0. The molecule has 0 aromatic carbocycles. The monoisotopic (exact) mass is 248 g/mol. The lowest BCUT2D eigenvalue weighted by atomic mass is 9.83. The van der Waals surface area contributed by atoms with Gasteiger partial charge >= 0.3 is 5.97 Å². The molecule has 2 nitrogen and oxygen atoms in total. The Hall–Kier alpha value is -0.970. The van der Waals surface area contributed by atoms with Gasteiger partial charge in [0, 0.05) is 12.8 Å². The van der Waals surface area contributed by atoms with Crippen molar-refractivity contribution in [3.8, 4) is 11.8 Å². The summed E-state index contributed by atoms with van der Waals surface area (Å²) in [6.45, 7) is 1.50. The van der Waals surface area contributed by atoms with Crippen molar-refractivity contribution in [1.29, 1.82) is 0 Å². The average Bonchev–Trinajstić information content (AvgIpc) is 2.38. The molecule has 0 atom stereocenters. The lowest BCUT2D eigenvalue weighted by Crippen LogP contribution is -2.35. The van der Waals surface area contributed by atoms with Gasteiger partial charge in [-0.05, 0) is 38.5 Å². The largest absolute Gasteiger partial charge is 0.446 e. The Bertz CT molecular complexity index is 336. The molecule has 0 radical (unpaired) electrons. The van der Waals surface area contributed by atoms with Crippen LogP contribution in [0.2, 0.25) is 0 Å². The van der Waals surface area contributed by atoms with Crippen LogP contribution >= 0.6 is 0 Å². The molecule has 2 rings (SSSR count). The van der Waals surface area contributed by atoms with Gasteiger partial charge in [0.05, 0.1) is 0 Å². The van der Waals surface area contributed by atoms with Gasteiger partial charge in [0.15, 0.2) is 5.60 Å². The van der Waals surface area contributed by atoms with Crippen LogP contribution in [0.1, 0.15) is 71.1 Å². The molecule has 2 heteroatoms. The fourth-order valence-electron chi connectivity index (χ4n) is 3.13. The summed E-state index contributed by atoms with van der Waals surface area (Å²) in [6.07, 6.45) is 11.8. The van der Waals surface area contributed by atoms with E-state index >= 15 is 0 Å². The fraction of sp³-hybridized carbons (Fsp3) is 0.812. The second-order valence-electron chi connectivity index (χ2n) is 5.75. The molecule has 100 valence electrons. The van der Waals surface area contributed by atoms with Crippen LogP contribution in [0, 0.1) is 17.8 Å². The first-order valence-corrected chi connectivity index (χ1v) is 7.42. The molecule has 2 saturated carbocycles. The van der Waals surface area contributed by atoms with E-state index in [1.54, 1.807) is 0 Å². The standard InChI is InChI=1S/C16H24O2/c1-14(17)18-16(11-6-3-7-12-16)13-10-15-8-4-2-5-9-15/h15H,2-9,11-12H2,1H3. The van der Waals surface area contributed by atoms with E-state index in [1.807, 2.05) is 0 Å². The highest BCUT2D eigenvalue weighted by Gasteiger charge is 2.33. The summed E-state index contributed by atoms with van der Waals surface area (Å²) < 4.78 is 5.56. The number of carbonyl (C=O) groups is 1. The predicted octanol–water partition coefficient (Wildman–Crippen LogP) is 3.84. The van der Waals surface area contributed by atoms with Crippen LogP contribution in [-0.4, -0.2) is 11.6 Å². The van der Waals surface area contributed by atoms with Crippen LogP contribution in [-0.2, 0) is 9.53 Å². The van der Waals surface area contributed by atoms with E-state index in [0.29, 0.717) is 5.92 Å². The van der Waals surface area contributed by atoms with Crippen molar-refractivity contribution in [3.63, 3.8) is 0 Å². The summed E-state index contributed by atoms with van der Waals surface area (Å²) in [7, 11) is 0. The normalized spacial score (nSPS) is 23.8. The summed E-state index contributed by atoms with van der Waals surface area (Å²) >= 11 is 0. The van der Waals surface area contributed by atoms with Crippen molar-refractivity contribution in [2.45, 2.75) is 76.7 Å². The zero-order valence-corrected chi connectivity index (χ0v) is 11.5. The SMILES string of the molecule is CC(=O)OC1(C#CC2CCCCC2)CCCCC1. The van der Waals surface area contributed by atoms with E-state index in [2.05, 4.69) is 11.8 Å². The molecule has 0 bridgehead atoms. The summed E-state index contributed by atoms with van der Waals surface area (Å²) in [5.74, 6) is 7.10. The molecular formula is C16H24O2. The highest BCUT2D eigenvalue weighted by Crippen LogP contribution is 2.32. The molecule has 18 heavy (non-hydrogen) atoms. The van der Waals surface area contributed by atoms with Gasteiger partial charge in [-0.25, -0.2) is 0 Å². The van der Waals surface area contributed by atoms with E-state index < -0.39 is 5.60 Å². The molecule has 0 aliphatic heterocycles. The minimum absolute atomic E-state index is 0.185. The molecule has 0 saturated heterocycles. The topological polar surface area (TPSA) is 26.3 Å². The van der Waals surface area contributed by atoms with Crippen LogP contribution in [0.4, 0.5) is 0 Å². The minimum atomic E-state index is -0.457. The van der Waals surface area contributed by atoms with Crippen molar-refractivity contribution in [2.24, 2.45) is 5.92 Å². The van der Waals surface area contributed by atoms with E-state index in [4.69, 9.17) is 4.74 Å². The van der Waals surface area contributed by atoms with Gasteiger partial charge in [0.2, 0.25) is 0 Å². The number of ether oxygens (including phenoxy) is 1. The third kappa shape index (κ3) is 3.77. The third-order valence-electron chi connectivity index (χ3n) is 4.11. The minimum Gasteiger partial charge on any atom is -0.446 e. The van der Waals surface area contributed by atoms with Crippen LogP contribution in [0.3, 0.4) is 0 Å². The molecule has 2 aliphatic carbocycles. The Morgan fingerprint density at radius 2 is 1.67 bits per heavy atom. The second-order valence-corrected chi connectivity index (χ2v) is 5.75. The van der Waals surface area contributed by atoms with Crippen LogP contribution < -0.4 is 0 Å². The van der Waals surface area contributed by atoms with Crippen molar-refractivity contribution in [3.05, 3.63) is 0 Å². The van der Waals surface area contributed by atoms with Crippen LogP contribution in [0.15, 0.2) is 0 Å². The summed E-state index contributed by atoms with van der Waals surface area (Å²) in [6, 6.07) is 0. The number of hydrogen-bond acceptors (Lipinski definition) is 2. The van der Waals surface area contributed by atoms with Gasteiger partial charge in [-0.3, -0.25) is 4.79 Å². The Morgan fingerprint density at radius 1 is 1.06 bits per heavy atom. The van der Waals surface area contributed by atoms with E-state index in [9.17, 15) is 4.79 Å². The number of carbonyl (C=O) groups excluding carboxylic acids is 1. The quantitative estimate of drug-likeness (QED) is 0.520. The van der Waals surface area contributed by atoms with Gasteiger partial charge in [-0.2, -0.15) is 0 Å². The number of rotatable bonds is 1. The Kier molecular flexibility index (Phi) is 4.69. The molecular weight excluding hydrogens is 224 g/mol. The van der Waals surface area contributed by atoms with Gasteiger partial charge in [0.25, 0.3) is 0 Å². The molecule has 0 spiro atoms. The molecule has 2 fully saturated rings. The van der Waals surface area contributed by atoms with Gasteiger partial charge < -0.3 is 4.74 Å². The van der Waals surface area contributed by atoms with E-state index in [1.165, 1.54) is 45.4 Å². The average molecular weight is 248 g/mol. The van der Waals surface area contributed by atoms with Crippen LogP contribution in [0.5, 0.6) is 0 Å². The molecule has 0 aromatic heterocycles. The van der Waals surface area contributed by atoms with E-state index in [-0.39, 0.29) is 5.97 Å². The summed E-state index contributed by atoms with van der Waals surface area (Å²) in [5, 5.41) is 0. The lowest BCUT2D eigenvalue weighted by molar-refractivity contribution is -0.153. The maximum Gasteiger partial charge on any atom is 0.304 e. The van der Waals surface area contributed by atoms with Gasteiger partial charge in [-0.1, -0.05) is 37.5 Å². The molecule has 2 aliphatic rings. The first-order valence-electron chi connectivity index (χ1n) is 7.42. The van der Waals surface area contributed by atoms with E-state index in [0.717, 1.165) is 25.7 Å². The Labute approximate surface area is 110 Å². The van der Waals surface area contributed by atoms with Crippen LogP contribution in [0.25, 0.3) is 0 Å². The molecule has 0 heterocycles. The van der Waals surface area contributed by atoms with Gasteiger partial charge in [-0.15, -0.1) is 0 Å². The fourth-order valence-corrected chi connectivity index (χ4v) is 3.13. The van der Waals surface area contributed by atoms with Crippen molar-refractivity contribution >= 4 is 5.97 Å². The first kappa shape index (κ1) is 13.5. The highest BCUT2D eigenvalue weighted by molar-refractivity contribution is 5.67. The van der Waals surface area contributed by atoms with Crippen molar-refractivity contribution in [2.75, 3.05) is 0 Å². The summed E-state index contributed by atoms with van der Waals surface area (Å²) in [5.41, 5.74) is -0.457. The second kappa shape index (κ2) is 6.27. The highest BCUT2D eigenvalue weighted by atomic mass is 16.6. The predicted molar refractivity (Wildman–Crippen MR) is 71.9 cm³/mol. The lowest BCUT2D eigenvalue weighted by Gasteiger charge is -2.32. The molecule has 0 amide bonds. The maximum atomic E-state index is 11.3. The Morgan fingerprint density at radius 3 is 2.28 bits per heavy atom. The zero-order chi connectivity index (χ0) is 12.8. The van der Waals surface area contributed by atoms with Crippen molar-refractivity contribution < 1.29 is 9.53 Å². The number of esters is 1. The first-order chi connectivity index (χ1) is 8.70. The molecule has 0 unspecified atom stereocenters. The smallest absolute Gasteiger partial charge is 0.304 e. The third-order valence-corrected chi connectivity index (χ3v) is 4.11. The zero-order valence-electron chi connectivity index (χ0n) is 11.5.